The summed E-state index contributed by atoms with van der Waals surface area (Å²) in [6, 6.07) is 19.3. The van der Waals surface area contributed by atoms with Crippen LogP contribution in [0.1, 0.15) is 27.3 Å². The molecule has 0 radical (unpaired) electrons. The second kappa shape index (κ2) is 9.56. The fraction of sp³-hybridized carbons (Fsp3) is 0.160. The monoisotopic (exact) mass is 476 g/mol. The molecule has 1 aromatic heterocycles. The third-order valence-electron chi connectivity index (χ3n) is 5.39. The maximum absolute atomic E-state index is 13.4. The van der Waals surface area contributed by atoms with Gasteiger partial charge in [-0.3, -0.25) is 9.36 Å². The molecule has 0 aliphatic carbocycles. The molecule has 0 bridgehead atoms. The van der Waals surface area contributed by atoms with E-state index >= 15 is 0 Å². The third kappa shape index (κ3) is 4.60. The Bertz CT molecular complexity index is 1340. The highest BCUT2D eigenvalue weighted by Crippen LogP contribution is 2.32. The van der Waals surface area contributed by atoms with E-state index in [1.165, 1.54) is 23.9 Å². The molecular formula is C25H21FN4O3S. The van der Waals surface area contributed by atoms with Gasteiger partial charge in [-0.1, -0.05) is 36.0 Å². The first kappa shape index (κ1) is 22.0. The van der Waals surface area contributed by atoms with Crippen molar-refractivity contribution >= 4 is 17.7 Å². The number of amides is 1. The molecule has 0 atom stereocenters. The average Bonchev–Trinajstić information content (AvgIpc) is 3.48. The van der Waals surface area contributed by atoms with Crippen molar-refractivity contribution in [1.29, 1.82) is 0 Å². The van der Waals surface area contributed by atoms with Crippen molar-refractivity contribution in [3.63, 3.8) is 0 Å². The normalized spacial score (nSPS) is 12.1. The topological polar surface area (TPSA) is 78.3 Å². The number of aryl methyl sites for hydroxylation is 1. The molecule has 5 rings (SSSR count). The molecule has 0 saturated heterocycles. The molecule has 4 aromatic rings. The van der Waals surface area contributed by atoms with Gasteiger partial charge in [0.25, 0.3) is 5.91 Å². The van der Waals surface area contributed by atoms with Gasteiger partial charge in [0.15, 0.2) is 16.7 Å². The molecule has 1 aliphatic heterocycles. The van der Waals surface area contributed by atoms with E-state index < -0.39 is 0 Å². The van der Waals surface area contributed by atoms with Crippen LogP contribution in [-0.2, 0) is 12.3 Å². The second-order valence-electron chi connectivity index (χ2n) is 7.66. The van der Waals surface area contributed by atoms with E-state index in [2.05, 4.69) is 15.5 Å². The summed E-state index contributed by atoms with van der Waals surface area (Å²) in [6.07, 6.45) is 0. The van der Waals surface area contributed by atoms with Crippen molar-refractivity contribution in [2.75, 3.05) is 6.79 Å². The number of thioether (sulfide) groups is 1. The summed E-state index contributed by atoms with van der Waals surface area (Å²) in [5, 5.41) is 12.1. The lowest BCUT2D eigenvalue weighted by Gasteiger charge is -2.11. The minimum absolute atomic E-state index is 0.162. The number of halogens is 1. The van der Waals surface area contributed by atoms with Crippen LogP contribution in [0.4, 0.5) is 4.39 Å². The van der Waals surface area contributed by atoms with Gasteiger partial charge in [-0.05, 0) is 60.5 Å². The highest BCUT2D eigenvalue weighted by molar-refractivity contribution is 7.98. The van der Waals surface area contributed by atoms with E-state index in [4.69, 9.17) is 9.47 Å². The van der Waals surface area contributed by atoms with Crippen LogP contribution in [0, 0.1) is 12.7 Å². The van der Waals surface area contributed by atoms with Gasteiger partial charge in [-0.2, -0.15) is 0 Å². The van der Waals surface area contributed by atoms with Crippen LogP contribution in [0.5, 0.6) is 11.5 Å². The molecule has 0 saturated carbocycles. The molecule has 1 N–H and O–H groups in total. The second-order valence-corrected chi connectivity index (χ2v) is 8.60. The Kier molecular flexibility index (Phi) is 6.18. The van der Waals surface area contributed by atoms with Gasteiger partial charge < -0.3 is 14.8 Å². The van der Waals surface area contributed by atoms with Crippen molar-refractivity contribution in [2.45, 2.75) is 24.4 Å². The SMILES string of the molecule is Cc1nnc(SCc2ccccc2C(=O)NCc2ccc3c(c2)OCO3)n1-c1ccc(F)cc1. The molecule has 0 fully saturated rings. The standard InChI is InChI=1S/C25H21FN4O3S/c1-16-28-29-25(30(16)20-9-7-19(26)8-10-20)34-14-18-4-2-3-5-21(18)24(31)27-13-17-6-11-22-23(12-17)33-15-32-22/h2-12H,13-15H2,1H3,(H,27,31). The number of carbonyl (C=O) groups is 1. The summed E-state index contributed by atoms with van der Waals surface area (Å²) in [6.45, 7) is 2.43. The Labute approximate surface area is 199 Å². The number of hydrogen-bond acceptors (Lipinski definition) is 6. The predicted octanol–water partition coefficient (Wildman–Crippen LogP) is 4.67. The number of carbonyl (C=O) groups excluding carboxylic acids is 1. The molecule has 9 heteroatoms. The molecule has 172 valence electrons. The smallest absolute Gasteiger partial charge is 0.251 e. The zero-order valence-electron chi connectivity index (χ0n) is 18.3. The lowest BCUT2D eigenvalue weighted by atomic mass is 10.1. The van der Waals surface area contributed by atoms with Gasteiger partial charge in [-0.15, -0.1) is 10.2 Å². The Morgan fingerprint density at radius 3 is 2.71 bits per heavy atom. The number of benzene rings is 3. The van der Waals surface area contributed by atoms with Gasteiger partial charge in [0, 0.05) is 23.5 Å². The molecule has 0 unspecified atom stereocenters. The predicted molar refractivity (Wildman–Crippen MR) is 126 cm³/mol. The maximum atomic E-state index is 13.4. The van der Waals surface area contributed by atoms with Crippen LogP contribution in [-0.4, -0.2) is 27.5 Å². The largest absolute Gasteiger partial charge is 0.454 e. The Morgan fingerprint density at radius 2 is 1.85 bits per heavy atom. The molecule has 7 nitrogen and oxygen atoms in total. The fourth-order valence-corrected chi connectivity index (χ4v) is 4.66. The van der Waals surface area contributed by atoms with Gasteiger partial charge in [0.05, 0.1) is 0 Å². The molecule has 34 heavy (non-hydrogen) atoms. The summed E-state index contributed by atoms with van der Waals surface area (Å²) in [7, 11) is 0. The van der Waals surface area contributed by atoms with E-state index in [-0.39, 0.29) is 18.5 Å². The first-order valence-corrected chi connectivity index (χ1v) is 11.6. The fourth-order valence-electron chi connectivity index (χ4n) is 3.66. The van der Waals surface area contributed by atoms with Crippen molar-refractivity contribution < 1.29 is 18.7 Å². The van der Waals surface area contributed by atoms with E-state index in [1.807, 2.05) is 47.9 Å². The van der Waals surface area contributed by atoms with E-state index in [1.54, 1.807) is 18.2 Å². The average molecular weight is 477 g/mol. The number of fused-ring (bicyclic) bond motifs is 1. The quantitative estimate of drug-likeness (QED) is 0.391. The summed E-state index contributed by atoms with van der Waals surface area (Å²) in [5.74, 6) is 2.15. The van der Waals surface area contributed by atoms with E-state index in [0.717, 1.165) is 16.8 Å². The molecule has 3 aromatic carbocycles. The zero-order chi connectivity index (χ0) is 23.5. The van der Waals surface area contributed by atoms with Crippen molar-refractivity contribution in [1.82, 2.24) is 20.1 Å². The lowest BCUT2D eigenvalue weighted by molar-refractivity contribution is 0.0950. The number of ether oxygens (including phenoxy) is 2. The maximum Gasteiger partial charge on any atom is 0.251 e. The number of nitrogens with zero attached hydrogens (tertiary/aromatic N) is 3. The summed E-state index contributed by atoms with van der Waals surface area (Å²) in [4.78, 5) is 13.0. The van der Waals surface area contributed by atoms with Crippen molar-refractivity contribution in [2.24, 2.45) is 0 Å². The van der Waals surface area contributed by atoms with Crippen molar-refractivity contribution in [3.05, 3.63) is 95.1 Å². The molecule has 2 heterocycles. The summed E-state index contributed by atoms with van der Waals surface area (Å²) >= 11 is 1.46. The number of aromatic nitrogens is 3. The summed E-state index contributed by atoms with van der Waals surface area (Å²) < 4.78 is 26.0. The van der Waals surface area contributed by atoms with E-state index in [9.17, 15) is 9.18 Å². The van der Waals surface area contributed by atoms with Gasteiger partial charge >= 0.3 is 0 Å². The van der Waals surface area contributed by atoms with Crippen LogP contribution in [0.15, 0.2) is 71.9 Å². The molecular weight excluding hydrogens is 455 g/mol. The van der Waals surface area contributed by atoms with Crippen LogP contribution >= 0.6 is 11.8 Å². The molecule has 1 aliphatic rings. The number of rotatable bonds is 7. The lowest BCUT2D eigenvalue weighted by Crippen LogP contribution is -2.23. The van der Waals surface area contributed by atoms with Crippen molar-refractivity contribution in [3.8, 4) is 17.2 Å². The first-order valence-electron chi connectivity index (χ1n) is 10.6. The van der Waals surface area contributed by atoms with E-state index in [0.29, 0.717) is 40.3 Å². The third-order valence-corrected chi connectivity index (χ3v) is 6.37. The van der Waals surface area contributed by atoms with Crippen LogP contribution in [0.3, 0.4) is 0 Å². The van der Waals surface area contributed by atoms with Crippen LogP contribution in [0.25, 0.3) is 5.69 Å². The summed E-state index contributed by atoms with van der Waals surface area (Å²) in [5.41, 5.74) is 3.18. The minimum Gasteiger partial charge on any atom is -0.454 e. The first-order chi connectivity index (χ1) is 16.6. The van der Waals surface area contributed by atoms with Gasteiger partial charge in [0.2, 0.25) is 6.79 Å². The Hall–Kier alpha value is -3.85. The Balaban J connectivity index is 1.28. The molecule has 1 amide bonds. The highest BCUT2D eigenvalue weighted by Gasteiger charge is 2.17. The highest BCUT2D eigenvalue weighted by atomic mass is 32.2. The minimum atomic E-state index is -0.302. The van der Waals surface area contributed by atoms with Gasteiger partial charge in [0.1, 0.15) is 11.6 Å². The number of hydrogen-bond donors (Lipinski definition) is 1. The zero-order valence-corrected chi connectivity index (χ0v) is 19.1. The van der Waals surface area contributed by atoms with Gasteiger partial charge in [-0.25, -0.2) is 4.39 Å². The molecule has 0 spiro atoms. The number of nitrogens with one attached hydrogen (secondary N) is 1. The van der Waals surface area contributed by atoms with Crippen LogP contribution in [0.2, 0.25) is 0 Å². The Morgan fingerprint density at radius 1 is 1.06 bits per heavy atom. The van der Waals surface area contributed by atoms with Crippen LogP contribution < -0.4 is 14.8 Å².